The van der Waals surface area contributed by atoms with Crippen LogP contribution < -0.4 is 5.32 Å². The molecule has 1 aliphatic carbocycles. The van der Waals surface area contributed by atoms with Crippen LogP contribution in [0.4, 0.5) is 0 Å². The second-order valence-corrected chi connectivity index (χ2v) is 5.95. The van der Waals surface area contributed by atoms with Gasteiger partial charge in [-0.25, -0.2) is 4.98 Å². The van der Waals surface area contributed by atoms with Gasteiger partial charge in [0.05, 0.1) is 6.04 Å². The van der Waals surface area contributed by atoms with E-state index in [9.17, 15) is 4.79 Å². The number of benzene rings is 1. The predicted molar refractivity (Wildman–Crippen MR) is 81.5 cm³/mol. The molecule has 0 radical (unpaired) electrons. The molecule has 3 atom stereocenters. The lowest BCUT2D eigenvalue weighted by atomic mass is 10.0. The molecule has 2 aromatic rings. The summed E-state index contributed by atoms with van der Waals surface area (Å²) in [5.41, 5.74) is 1.13. The molecule has 0 aliphatic heterocycles. The number of amides is 1. The number of aromatic nitrogens is 2. The number of rotatable bonds is 5. The fraction of sp³-hybridized carbons (Fsp3) is 0.412. The SMILES string of the molecule is CC1CC1C(=O)NC(Cc1nccn1C)c1ccccc1. The van der Waals surface area contributed by atoms with E-state index in [1.54, 1.807) is 6.20 Å². The van der Waals surface area contributed by atoms with Crippen molar-refractivity contribution < 1.29 is 4.79 Å². The van der Waals surface area contributed by atoms with Crippen LogP contribution in [0.25, 0.3) is 0 Å². The molecule has 1 aliphatic rings. The van der Waals surface area contributed by atoms with Crippen LogP contribution in [0.1, 0.15) is 30.8 Å². The Kier molecular flexibility index (Phi) is 3.78. The Labute approximate surface area is 125 Å². The first kappa shape index (κ1) is 13.9. The highest BCUT2D eigenvalue weighted by atomic mass is 16.2. The maximum absolute atomic E-state index is 12.3. The molecule has 1 heterocycles. The van der Waals surface area contributed by atoms with Gasteiger partial charge in [0.25, 0.3) is 0 Å². The second kappa shape index (κ2) is 5.72. The van der Waals surface area contributed by atoms with Crippen LogP contribution in [0, 0.1) is 11.8 Å². The van der Waals surface area contributed by atoms with Gasteiger partial charge >= 0.3 is 0 Å². The van der Waals surface area contributed by atoms with E-state index in [4.69, 9.17) is 0 Å². The van der Waals surface area contributed by atoms with Crippen molar-refractivity contribution in [2.45, 2.75) is 25.8 Å². The number of nitrogens with one attached hydrogen (secondary N) is 1. The smallest absolute Gasteiger partial charge is 0.223 e. The highest BCUT2D eigenvalue weighted by Crippen LogP contribution is 2.38. The average Bonchev–Trinajstić information content (AvgIpc) is 3.10. The first-order chi connectivity index (χ1) is 10.1. The minimum Gasteiger partial charge on any atom is -0.349 e. The Bertz CT molecular complexity index is 620. The lowest BCUT2D eigenvalue weighted by Gasteiger charge is -2.19. The molecule has 3 unspecified atom stereocenters. The molecule has 4 nitrogen and oxygen atoms in total. The molecule has 1 fully saturated rings. The van der Waals surface area contributed by atoms with Crippen LogP contribution in [0.3, 0.4) is 0 Å². The molecule has 1 amide bonds. The van der Waals surface area contributed by atoms with Crippen LogP contribution in [-0.4, -0.2) is 15.5 Å². The van der Waals surface area contributed by atoms with Crippen molar-refractivity contribution in [1.29, 1.82) is 0 Å². The Morgan fingerprint density at radius 2 is 2.14 bits per heavy atom. The van der Waals surface area contributed by atoms with Gasteiger partial charge in [0.2, 0.25) is 5.91 Å². The molecular weight excluding hydrogens is 262 g/mol. The van der Waals surface area contributed by atoms with Crippen molar-refractivity contribution in [2.24, 2.45) is 18.9 Å². The largest absolute Gasteiger partial charge is 0.349 e. The van der Waals surface area contributed by atoms with E-state index in [1.165, 1.54) is 0 Å². The maximum Gasteiger partial charge on any atom is 0.223 e. The molecule has 21 heavy (non-hydrogen) atoms. The lowest BCUT2D eigenvalue weighted by Crippen LogP contribution is -2.32. The van der Waals surface area contributed by atoms with E-state index in [2.05, 4.69) is 29.4 Å². The highest BCUT2D eigenvalue weighted by molar-refractivity contribution is 5.81. The molecule has 0 spiro atoms. The van der Waals surface area contributed by atoms with Gasteiger partial charge in [-0.05, 0) is 17.9 Å². The average molecular weight is 283 g/mol. The van der Waals surface area contributed by atoms with E-state index in [1.807, 2.05) is 36.0 Å². The van der Waals surface area contributed by atoms with E-state index >= 15 is 0 Å². The summed E-state index contributed by atoms with van der Waals surface area (Å²) in [4.78, 5) is 16.7. The molecule has 4 heteroatoms. The van der Waals surface area contributed by atoms with E-state index in [0.717, 1.165) is 17.8 Å². The third-order valence-corrected chi connectivity index (χ3v) is 4.27. The van der Waals surface area contributed by atoms with Crippen LogP contribution in [0.15, 0.2) is 42.7 Å². The summed E-state index contributed by atoms with van der Waals surface area (Å²) in [5, 5.41) is 3.20. The molecule has 1 N–H and O–H groups in total. The molecule has 1 aromatic heterocycles. The quantitative estimate of drug-likeness (QED) is 0.916. The topological polar surface area (TPSA) is 46.9 Å². The fourth-order valence-electron chi connectivity index (χ4n) is 2.68. The number of carbonyl (C=O) groups is 1. The normalized spacial score (nSPS) is 21.8. The summed E-state index contributed by atoms with van der Waals surface area (Å²) in [7, 11) is 1.98. The zero-order valence-electron chi connectivity index (χ0n) is 12.5. The van der Waals surface area contributed by atoms with Crippen LogP contribution in [0.5, 0.6) is 0 Å². The molecular formula is C17H21N3O. The predicted octanol–water partition coefficient (Wildman–Crippen LogP) is 2.48. The van der Waals surface area contributed by atoms with Gasteiger partial charge in [-0.3, -0.25) is 4.79 Å². The Hall–Kier alpha value is -2.10. The van der Waals surface area contributed by atoms with E-state index in [-0.39, 0.29) is 17.9 Å². The van der Waals surface area contributed by atoms with Crippen LogP contribution >= 0.6 is 0 Å². The summed E-state index contributed by atoms with van der Waals surface area (Å²) < 4.78 is 2.00. The molecule has 3 rings (SSSR count). The zero-order valence-corrected chi connectivity index (χ0v) is 12.5. The van der Waals surface area contributed by atoms with E-state index < -0.39 is 0 Å². The minimum atomic E-state index is -0.0207. The second-order valence-electron chi connectivity index (χ2n) is 5.95. The monoisotopic (exact) mass is 283 g/mol. The van der Waals surface area contributed by atoms with Crippen molar-refractivity contribution in [2.75, 3.05) is 0 Å². The van der Waals surface area contributed by atoms with Gasteiger partial charge in [0.15, 0.2) is 0 Å². The molecule has 0 saturated heterocycles. The van der Waals surface area contributed by atoms with Crippen molar-refractivity contribution >= 4 is 5.91 Å². The van der Waals surface area contributed by atoms with Gasteiger partial charge in [-0.1, -0.05) is 37.3 Å². The molecule has 1 saturated carbocycles. The Morgan fingerprint density at radius 1 is 1.43 bits per heavy atom. The summed E-state index contributed by atoms with van der Waals surface area (Å²) in [6.45, 7) is 2.13. The standard InChI is InChI=1S/C17H21N3O/c1-12-10-14(12)17(21)19-15(13-6-4-3-5-7-13)11-16-18-8-9-20(16)2/h3-9,12,14-15H,10-11H2,1-2H3,(H,19,21). The number of carbonyl (C=O) groups excluding carboxylic acids is 1. The highest BCUT2D eigenvalue weighted by Gasteiger charge is 2.39. The molecule has 110 valence electrons. The number of nitrogens with zero attached hydrogens (tertiary/aromatic N) is 2. The Morgan fingerprint density at radius 3 is 2.71 bits per heavy atom. The maximum atomic E-state index is 12.3. The van der Waals surface area contributed by atoms with Crippen molar-refractivity contribution in [1.82, 2.24) is 14.9 Å². The van der Waals surface area contributed by atoms with E-state index in [0.29, 0.717) is 12.3 Å². The number of hydrogen-bond acceptors (Lipinski definition) is 2. The van der Waals surface area contributed by atoms with Crippen LogP contribution in [0.2, 0.25) is 0 Å². The van der Waals surface area contributed by atoms with Gasteiger partial charge in [-0.2, -0.15) is 0 Å². The first-order valence-electron chi connectivity index (χ1n) is 7.46. The fourth-order valence-corrected chi connectivity index (χ4v) is 2.68. The summed E-state index contributed by atoms with van der Waals surface area (Å²) >= 11 is 0. The van der Waals surface area contributed by atoms with Crippen molar-refractivity contribution in [3.05, 3.63) is 54.1 Å². The third kappa shape index (κ3) is 3.15. The van der Waals surface area contributed by atoms with Crippen molar-refractivity contribution in [3.8, 4) is 0 Å². The van der Waals surface area contributed by atoms with Gasteiger partial charge in [0, 0.05) is 31.8 Å². The van der Waals surface area contributed by atoms with Crippen LogP contribution in [-0.2, 0) is 18.3 Å². The lowest BCUT2D eigenvalue weighted by molar-refractivity contribution is -0.123. The van der Waals surface area contributed by atoms with Crippen molar-refractivity contribution in [3.63, 3.8) is 0 Å². The molecule has 1 aromatic carbocycles. The zero-order chi connectivity index (χ0) is 14.8. The first-order valence-corrected chi connectivity index (χ1v) is 7.46. The van der Waals surface area contributed by atoms with Gasteiger partial charge < -0.3 is 9.88 Å². The Balaban J connectivity index is 1.77. The number of imidazole rings is 1. The van der Waals surface area contributed by atoms with Gasteiger partial charge in [0.1, 0.15) is 5.82 Å². The molecule has 0 bridgehead atoms. The minimum absolute atomic E-state index is 0.0207. The summed E-state index contributed by atoms with van der Waals surface area (Å²) in [6.07, 6.45) is 5.44. The summed E-state index contributed by atoms with van der Waals surface area (Å²) in [5.74, 6) is 1.87. The summed E-state index contributed by atoms with van der Waals surface area (Å²) in [6, 6.07) is 10.1. The number of aryl methyl sites for hydroxylation is 1. The third-order valence-electron chi connectivity index (χ3n) is 4.27. The van der Waals surface area contributed by atoms with Gasteiger partial charge in [-0.15, -0.1) is 0 Å². The number of hydrogen-bond donors (Lipinski definition) is 1.